The molecule has 1 fully saturated rings. The molecule has 0 spiro atoms. The predicted octanol–water partition coefficient (Wildman–Crippen LogP) is 4.09. The van der Waals surface area contributed by atoms with Gasteiger partial charge in [-0.15, -0.1) is 0 Å². The van der Waals surface area contributed by atoms with Crippen LogP contribution in [0, 0.1) is 0 Å². The van der Waals surface area contributed by atoms with Gasteiger partial charge < -0.3 is 14.0 Å². The number of hydrogen-bond donors (Lipinski definition) is 0. The summed E-state index contributed by atoms with van der Waals surface area (Å²) in [6.45, 7) is 5.68. The average molecular weight is 447 g/mol. The van der Waals surface area contributed by atoms with Crippen LogP contribution in [0.5, 0.6) is 11.5 Å². The van der Waals surface area contributed by atoms with Crippen molar-refractivity contribution >= 4 is 23.2 Å². The van der Waals surface area contributed by atoms with Gasteiger partial charge in [-0.05, 0) is 35.9 Å². The molecule has 2 aliphatic heterocycles. The van der Waals surface area contributed by atoms with Crippen molar-refractivity contribution < 1.29 is 14.0 Å². The molecule has 0 atom stereocenters. The van der Waals surface area contributed by atoms with E-state index in [1.165, 1.54) is 5.56 Å². The fourth-order valence-electron chi connectivity index (χ4n) is 3.69. The van der Waals surface area contributed by atoms with Crippen LogP contribution in [0.1, 0.15) is 11.4 Å². The maximum absolute atomic E-state index is 6.24. The normalized spacial score (nSPS) is 16.9. The van der Waals surface area contributed by atoms with E-state index in [0.29, 0.717) is 40.7 Å². The number of ether oxygens (including phenoxy) is 2. The number of halogens is 2. The summed E-state index contributed by atoms with van der Waals surface area (Å²) in [5, 5.41) is 5.18. The van der Waals surface area contributed by atoms with Crippen molar-refractivity contribution in [3.05, 3.63) is 57.8 Å². The molecule has 2 aromatic carbocycles. The molecule has 3 aromatic rings. The van der Waals surface area contributed by atoms with Crippen LogP contribution >= 0.6 is 23.2 Å². The van der Waals surface area contributed by atoms with Crippen molar-refractivity contribution in [2.75, 3.05) is 33.0 Å². The Morgan fingerprint density at radius 3 is 2.43 bits per heavy atom. The van der Waals surface area contributed by atoms with Crippen molar-refractivity contribution in [2.24, 2.45) is 0 Å². The van der Waals surface area contributed by atoms with Crippen molar-refractivity contribution in [3.63, 3.8) is 0 Å². The molecule has 7 nitrogen and oxygen atoms in total. The molecule has 1 aromatic heterocycles. The molecule has 0 saturated carbocycles. The highest BCUT2D eigenvalue weighted by Crippen LogP contribution is 2.33. The first-order valence-electron chi connectivity index (χ1n) is 9.75. The average Bonchev–Trinajstić information content (AvgIpc) is 3.38. The van der Waals surface area contributed by atoms with Crippen LogP contribution in [0.3, 0.4) is 0 Å². The minimum Gasteiger partial charge on any atom is -0.454 e. The largest absolute Gasteiger partial charge is 0.454 e. The van der Waals surface area contributed by atoms with E-state index < -0.39 is 0 Å². The number of aromatic nitrogens is 2. The molecule has 0 radical (unpaired) electrons. The van der Waals surface area contributed by atoms with Crippen LogP contribution in [-0.4, -0.2) is 52.9 Å². The molecular formula is C21H20Cl2N4O3. The number of benzene rings is 2. The van der Waals surface area contributed by atoms with Gasteiger partial charge in [-0.1, -0.05) is 34.4 Å². The van der Waals surface area contributed by atoms with E-state index >= 15 is 0 Å². The van der Waals surface area contributed by atoms with Gasteiger partial charge in [0.15, 0.2) is 17.3 Å². The SMILES string of the molecule is Clc1ccc(-c2nc(CN3CCN(Cc4ccc5c(c4)OCO5)CC3)no2)c(Cl)c1. The number of nitrogens with zero attached hydrogens (tertiary/aromatic N) is 4. The van der Waals surface area contributed by atoms with Gasteiger partial charge in [-0.3, -0.25) is 9.80 Å². The fourth-order valence-corrected chi connectivity index (χ4v) is 4.18. The molecule has 9 heteroatoms. The molecule has 156 valence electrons. The molecule has 0 amide bonds. The number of fused-ring (bicyclic) bond motifs is 1. The monoisotopic (exact) mass is 446 g/mol. The second-order valence-corrected chi connectivity index (χ2v) is 8.22. The number of piperazine rings is 1. The van der Waals surface area contributed by atoms with Gasteiger partial charge in [0.1, 0.15) is 0 Å². The summed E-state index contributed by atoms with van der Waals surface area (Å²) in [6, 6.07) is 11.4. The summed E-state index contributed by atoms with van der Waals surface area (Å²) < 4.78 is 16.3. The first-order valence-corrected chi connectivity index (χ1v) is 10.5. The standard InChI is InChI=1S/C21H20Cl2N4O3/c22-15-2-3-16(17(23)10-15)21-24-20(25-30-21)12-27-7-5-26(6-8-27)11-14-1-4-18-19(9-14)29-13-28-18/h1-4,9-10H,5-8,11-13H2. The Hall–Kier alpha value is -2.32. The maximum Gasteiger partial charge on any atom is 0.259 e. The third-order valence-electron chi connectivity index (χ3n) is 5.30. The van der Waals surface area contributed by atoms with Crippen LogP contribution < -0.4 is 9.47 Å². The van der Waals surface area contributed by atoms with Gasteiger partial charge in [0.05, 0.1) is 17.1 Å². The molecule has 2 aliphatic rings. The first kappa shape index (κ1) is 19.6. The van der Waals surface area contributed by atoms with Crippen molar-refractivity contribution in [1.29, 1.82) is 0 Å². The molecule has 0 bridgehead atoms. The van der Waals surface area contributed by atoms with Gasteiger partial charge in [0.25, 0.3) is 5.89 Å². The van der Waals surface area contributed by atoms with Crippen LogP contribution in [0.2, 0.25) is 10.0 Å². The Morgan fingerprint density at radius 1 is 0.867 bits per heavy atom. The highest BCUT2D eigenvalue weighted by atomic mass is 35.5. The lowest BCUT2D eigenvalue weighted by atomic mass is 10.1. The molecule has 1 saturated heterocycles. The van der Waals surface area contributed by atoms with Crippen LogP contribution in [-0.2, 0) is 13.1 Å². The summed E-state index contributed by atoms with van der Waals surface area (Å²) in [6.07, 6.45) is 0. The van der Waals surface area contributed by atoms with E-state index in [9.17, 15) is 0 Å². The van der Waals surface area contributed by atoms with E-state index in [4.69, 9.17) is 37.2 Å². The molecule has 0 unspecified atom stereocenters. The molecule has 30 heavy (non-hydrogen) atoms. The van der Waals surface area contributed by atoms with E-state index in [1.54, 1.807) is 18.2 Å². The maximum atomic E-state index is 6.24. The van der Waals surface area contributed by atoms with E-state index in [-0.39, 0.29) is 0 Å². The predicted molar refractivity (Wildman–Crippen MR) is 113 cm³/mol. The van der Waals surface area contributed by atoms with Gasteiger partial charge in [-0.2, -0.15) is 4.98 Å². The Morgan fingerprint density at radius 2 is 1.63 bits per heavy atom. The highest BCUT2D eigenvalue weighted by Gasteiger charge is 2.21. The molecular weight excluding hydrogens is 427 g/mol. The zero-order valence-electron chi connectivity index (χ0n) is 16.2. The molecule has 0 aliphatic carbocycles. The Bertz CT molecular complexity index is 1050. The minimum absolute atomic E-state index is 0.305. The van der Waals surface area contributed by atoms with E-state index in [0.717, 1.165) is 44.2 Å². The Kier molecular flexibility index (Phi) is 5.52. The smallest absolute Gasteiger partial charge is 0.259 e. The van der Waals surface area contributed by atoms with Crippen molar-refractivity contribution in [2.45, 2.75) is 13.1 Å². The van der Waals surface area contributed by atoms with E-state index in [1.807, 2.05) is 6.07 Å². The van der Waals surface area contributed by atoms with E-state index in [2.05, 4.69) is 32.1 Å². The lowest BCUT2D eigenvalue weighted by Gasteiger charge is -2.34. The molecule has 3 heterocycles. The molecule has 5 rings (SSSR count). The number of rotatable bonds is 5. The lowest BCUT2D eigenvalue weighted by molar-refractivity contribution is 0.119. The third kappa shape index (κ3) is 4.25. The summed E-state index contributed by atoms with van der Waals surface area (Å²) >= 11 is 12.2. The number of hydrogen-bond acceptors (Lipinski definition) is 7. The first-order chi connectivity index (χ1) is 14.6. The van der Waals surface area contributed by atoms with Crippen molar-refractivity contribution in [3.8, 4) is 23.0 Å². The summed E-state index contributed by atoms with van der Waals surface area (Å²) in [7, 11) is 0. The zero-order chi connectivity index (χ0) is 20.5. The van der Waals surface area contributed by atoms with Crippen LogP contribution in [0.4, 0.5) is 0 Å². The Balaban J connectivity index is 1.15. The second-order valence-electron chi connectivity index (χ2n) is 7.38. The Labute approximate surface area is 184 Å². The minimum atomic E-state index is 0.305. The highest BCUT2D eigenvalue weighted by molar-refractivity contribution is 6.36. The summed E-state index contributed by atoms with van der Waals surface area (Å²) in [5.41, 5.74) is 1.92. The van der Waals surface area contributed by atoms with Crippen LogP contribution in [0.15, 0.2) is 40.9 Å². The van der Waals surface area contributed by atoms with Gasteiger partial charge in [0.2, 0.25) is 6.79 Å². The van der Waals surface area contributed by atoms with Gasteiger partial charge in [0, 0.05) is 37.7 Å². The topological polar surface area (TPSA) is 63.9 Å². The second kappa shape index (κ2) is 8.43. The lowest BCUT2D eigenvalue weighted by Crippen LogP contribution is -2.45. The van der Waals surface area contributed by atoms with Crippen molar-refractivity contribution in [1.82, 2.24) is 19.9 Å². The summed E-state index contributed by atoms with van der Waals surface area (Å²) in [4.78, 5) is 9.26. The van der Waals surface area contributed by atoms with Gasteiger partial charge in [-0.25, -0.2) is 0 Å². The fraction of sp³-hybridized carbons (Fsp3) is 0.333. The zero-order valence-corrected chi connectivity index (χ0v) is 17.7. The quantitative estimate of drug-likeness (QED) is 0.584. The van der Waals surface area contributed by atoms with Gasteiger partial charge >= 0.3 is 0 Å². The van der Waals surface area contributed by atoms with Crippen LogP contribution in [0.25, 0.3) is 11.5 Å². The third-order valence-corrected chi connectivity index (χ3v) is 5.85. The molecule has 0 N–H and O–H groups in total. The summed E-state index contributed by atoms with van der Waals surface area (Å²) in [5.74, 6) is 2.72.